The first-order valence-electron chi connectivity index (χ1n) is 4.96. The zero-order chi connectivity index (χ0) is 11.4. The minimum atomic E-state index is -0.619. The SMILES string of the molecule is O=C1CSC(=NCC(O)c2ccccc2)N1. The summed E-state index contributed by atoms with van der Waals surface area (Å²) in [6, 6.07) is 9.35. The molecule has 16 heavy (non-hydrogen) atoms. The molecule has 5 heteroatoms. The van der Waals surface area contributed by atoms with Gasteiger partial charge in [0.2, 0.25) is 5.91 Å². The lowest BCUT2D eigenvalue weighted by Crippen LogP contribution is -2.20. The second-order valence-electron chi connectivity index (χ2n) is 3.41. The summed E-state index contributed by atoms with van der Waals surface area (Å²) in [4.78, 5) is 15.0. The molecule has 2 rings (SSSR count). The second kappa shape index (κ2) is 5.14. The van der Waals surface area contributed by atoms with E-state index in [0.29, 0.717) is 10.9 Å². The quantitative estimate of drug-likeness (QED) is 0.821. The molecule has 1 heterocycles. The van der Waals surface area contributed by atoms with Gasteiger partial charge in [-0.15, -0.1) is 0 Å². The zero-order valence-corrected chi connectivity index (χ0v) is 9.41. The van der Waals surface area contributed by atoms with Gasteiger partial charge in [0.05, 0.1) is 18.4 Å². The maximum absolute atomic E-state index is 10.9. The minimum Gasteiger partial charge on any atom is -0.386 e. The van der Waals surface area contributed by atoms with E-state index in [9.17, 15) is 9.90 Å². The topological polar surface area (TPSA) is 61.7 Å². The number of nitrogens with zero attached hydrogens (tertiary/aromatic N) is 1. The number of hydrogen-bond acceptors (Lipinski definition) is 4. The molecule has 1 fully saturated rings. The summed E-state index contributed by atoms with van der Waals surface area (Å²) < 4.78 is 0. The predicted molar refractivity (Wildman–Crippen MR) is 64.3 cm³/mol. The highest BCUT2D eigenvalue weighted by atomic mass is 32.2. The van der Waals surface area contributed by atoms with Gasteiger partial charge in [-0.3, -0.25) is 9.79 Å². The molecular weight excluding hydrogens is 224 g/mol. The number of carbonyl (C=O) groups is 1. The lowest BCUT2D eigenvalue weighted by Gasteiger charge is -2.07. The Hall–Kier alpha value is -1.33. The van der Waals surface area contributed by atoms with Gasteiger partial charge in [0, 0.05) is 0 Å². The van der Waals surface area contributed by atoms with E-state index in [-0.39, 0.29) is 12.5 Å². The fourth-order valence-electron chi connectivity index (χ4n) is 1.36. The first-order valence-corrected chi connectivity index (χ1v) is 5.94. The lowest BCUT2D eigenvalue weighted by atomic mass is 10.1. The largest absolute Gasteiger partial charge is 0.386 e. The number of rotatable bonds is 3. The Morgan fingerprint density at radius 1 is 1.44 bits per heavy atom. The van der Waals surface area contributed by atoms with Crippen LogP contribution in [0.15, 0.2) is 35.3 Å². The summed E-state index contributed by atoms with van der Waals surface area (Å²) in [5.74, 6) is 0.387. The maximum atomic E-state index is 10.9. The third kappa shape index (κ3) is 2.84. The van der Waals surface area contributed by atoms with Crippen LogP contribution < -0.4 is 5.32 Å². The van der Waals surface area contributed by atoms with E-state index in [2.05, 4.69) is 10.3 Å². The van der Waals surface area contributed by atoms with Crippen molar-refractivity contribution in [3.05, 3.63) is 35.9 Å². The molecule has 0 aliphatic carbocycles. The molecule has 0 saturated carbocycles. The molecule has 1 unspecified atom stereocenters. The molecule has 1 aliphatic rings. The van der Waals surface area contributed by atoms with Gasteiger partial charge in [0.1, 0.15) is 0 Å². The molecule has 0 aromatic heterocycles. The summed E-state index contributed by atoms with van der Waals surface area (Å²) in [6.45, 7) is 0.270. The molecular formula is C11H12N2O2S. The van der Waals surface area contributed by atoms with Gasteiger partial charge in [-0.05, 0) is 5.56 Å². The summed E-state index contributed by atoms with van der Waals surface area (Å²) in [6.07, 6.45) is -0.619. The average molecular weight is 236 g/mol. The van der Waals surface area contributed by atoms with Crippen LogP contribution in [-0.4, -0.2) is 28.5 Å². The average Bonchev–Trinajstić information content (AvgIpc) is 2.73. The van der Waals surface area contributed by atoms with Crippen molar-refractivity contribution in [3.8, 4) is 0 Å². The van der Waals surface area contributed by atoms with Crippen LogP contribution in [0, 0.1) is 0 Å². The highest BCUT2D eigenvalue weighted by Crippen LogP contribution is 2.14. The Kier molecular flexibility index (Phi) is 3.58. The fraction of sp³-hybridized carbons (Fsp3) is 0.273. The Bertz CT molecular complexity index is 406. The van der Waals surface area contributed by atoms with Crippen LogP contribution >= 0.6 is 11.8 Å². The van der Waals surface area contributed by atoms with Crippen molar-refractivity contribution in [3.63, 3.8) is 0 Å². The molecule has 0 bridgehead atoms. The van der Waals surface area contributed by atoms with Crippen LogP contribution in [0.5, 0.6) is 0 Å². The number of carbonyl (C=O) groups excluding carboxylic acids is 1. The Morgan fingerprint density at radius 3 is 2.81 bits per heavy atom. The number of thioether (sulfide) groups is 1. The van der Waals surface area contributed by atoms with E-state index in [1.54, 1.807) is 0 Å². The number of aliphatic hydroxyl groups excluding tert-OH is 1. The van der Waals surface area contributed by atoms with Crippen LogP contribution in [0.1, 0.15) is 11.7 Å². The van der Waals surface area contributed by atoms with Gasteiger partial charge in [0.25, 0.3) is 0 Å². The van der Waals surface area contributed by atoms with Gasteiger partial charge in [-0.2, -0.15) is 0 Å². The van der Waals surface area contributed by atoms with Crippen LogP contribution in [-0.2, 0) is 4.79 Å². The number of aliphatic hydroxyl groups is 1. The highest BCUT2D eigenvalue weighted by molar-refractivity contribution is 8.15. The van der Waals surface area contributed by atoms with Crippen molar-refractivity contribution in [1.29, 1.82) is 0 Å². The van der Waals surface area contributed by atoms with E-state index in [4.69, 9.17) is 0 Å². The van der Waals surface area contributed by atoms with Crippen molar-refractivity contribution >= 4 is 22.8 Å². The van der Waals surface area contributed by atoms with Gasteiger partial charge in [-0.25, -0.2) is 0 Å². The van der Waals surface area contributed by atoms with Crippen LogP contribution in [0.4, 0.5) is 0 Å². The second-order valence-corrected chi connectivity index (χ2v) is 4.37. The van der Waals surface area contributed by atoms with Crippen LogP contribution in [0.25, 0.3) is 0 Å². The molecule has 1 aromatic carbocycles. The molecule has 1 aromatic rings. The Balaban J connectivity index is 1.93. The molecule has 1 saturated heterocycles. The van der Waals surface area contributed by atoms with Crippen molar-refractivity contribution in [1.82, 2.24) is 5.32 Å². The standard InChI is InChI=1S/C11H12N2O2S/c14-9(8-4-2-1-3-5-8)6-12-11-13-10(15)7-16-11/h1-5,9,14H,6-7H2,(H,12,13,15). The summed E-state index contributed by atoms with van der Waals surface area (Å²) >= 11 is 1.37. The van der Waals surface area contributed by atoms with Gasteiger partial charge < -0.3 is 10.4 Å². The highest BCUT2D eigenvalue weighted by Gasteiger charge is 2.16. The Labute approximate surface area is 97.8 Å². The van der Waals surface area contributed by atoms with E-state index in [1.165, 1.54) is 11.8 Å². The van der Waals surface area contributed by atoms with Crippen LogP contribution in [0.3, 0.4) is 0 Å². The molecule has 0 radical (unpaired) electrons. The predicted octanol–water partition coefficient (Wildman–Crippen LogP) is 0.939. The fourth-order valence-corrected chi connectivity index (χ4v) is 2.05. The van der Waals surface area contributed by atoms with E-state index < -0.39 is 6.10 Å². The number of benzene rings is 1. The van der Waals surface area contributed by atoms with Crippen molar-refractivity contribution < 1.29 is 9.90 Å². The number of hydrogen-bond donors (Lipinski definition) is 2. The molecule has 2 N–H and O–H groups in total. The third-order valence-electron chi connectivity index (χ3n) is 2.18. The minimum absolute atomic E-state index is 0.0297. The number of nitrogens with one attached hydrogen (secondary N) is 1. The van der Waals surface area contributed by atoms with E-state index in [1.807, 2.05) is 30.3 Å². The molecule has 1 amide bonds. The van der Waals surface area contributed by atoms with Crippen molar-refractivity contribution in [2.45, 2.75) is 6.10 Å². The number of amidine groups is 1. The third-order valence-corrected chi connectivity index (χ3v) is 3.09. The van der Waals surface area contributed by atoms with Gasteiger partial charge >= 0.3 is 0 Å². The van der Waals surface area contributed by atoms with Crippen LogP contribution in [0.2, 0.25) is 0 Å². The molecule has 1 aliphatic heterocycles. The number of aliphatic imine (C=N–C) groups is 1. The van der Waals surface area contributed by atoms with Crippen molar-refractivity contribution in [2.75, 3.05) is 12.3 Å². The molecule has 0 spiro atoms. The van der Waals surface area contributed by atoms with E-state index >= 15 is 0 Å². The van der Waals surface area contributed by atoms with Crippen molar-refractivity contribution in [2.24, 2.45) is 4.99 Å². The van der Waals surface area contributed by atoms with Gasteiger partial charge in [0.15, 0.2) is 5.17 Å². The first-order chi connectivity index (χ1) is 7.75. The zero-order valence-electron chi connectivity index (χ0n) is 8.59. The summed E-state index contributed by atoms with van der Waals surface area (Å²) in [5, 5.41) is 13.0. The smallest absolute Gasteiger partial charge is 0.236 e. The summed E-state index contributed by atoms with van der Waals surface area (Å²) in [7, 11) is 0. The molecule has 4 nitrogen and oxygen atoms in total. The summed E-state index contributed by atoms with van der Waals surface area (Å²) in [5.41, 5.74) is 0.834. The first kappa shape index (κ1) is 11.2. The molecule has 1 atom stereocenters. The molecule has 84 valence electrons. The van der Waals surface area contributed by atoms with E-state index in [0.717, 1.165) is 5.56 Å². The Morgan fingerprint density at radius 2 is 2.19 bits per heavy atom. The normalized spacial score (nSPS) is 19.8. The lowest BCUT2D eigenvalue weighted by molar-refractivity contribution is -0.116. The number of amides is 1. The maximum Gasteiger partial charge on any atom is 0.236 e. The van der Waals surface area contributed by atoms with Gasteiger partial charge in [-0.1, -0.05) is 42.1 Å². The monoisotopic (exact) mass is 236 g/mol.